The van der Waals surface area contributed by atoms with E-state index in [4.69, 9.17) is 5.26 Å². The first kappa shape index (κ1) is 13.1. The van der Waals surface area contributed by atoms with Gasteiger partial charge >= 0.3 is 5.97 Å². The zero-order valence-corrected chi connectivity index (χ0v) is 11.3. The maximum Gasteiger partial charge on any atom is 0.357 e. The van der Waals surface area contributed by atoms with Crippen LogP contribution in [0.4, 0.5) is 10.8 Å². The number of esters is 1. The molecule has 2 aromatic rings. The summed E-state index contributed by atoms with van der Waals surface area (Å²) in [6.07, 6.45) is 0. The van der Waals surface area contributed by atoms with Crippen LogP contribution in [0, 0.1) is 11.3 Å². The highest BCUT2D eigenvalue weighted by Crippen LogP contribution is 2.27. The van der Waals surface area contributed by atoms with Gasteiger partial charge in [-0.15, -0.1) is 11.3 Å². The average Bonchev–Trinajstić information content (AvgIpc) is 2.95. The van der Waals surface area contributed by atoms with Crippen LogP contribution in [0.3, 0.4) is 0 Å². The number of hydrogen-bond donors (Lipinski definition) is 0. The van der Waals surface area contributed by atoms with Crippen molar-refractivity contribution in [2.45, 2.75) is 0 Å². The van der Waals surface area contributed by atoms with E-state index < -0.39 is 5.97 Å². The van der Waals surface area contributed by atoms with E-state index in [2.05, 4.69) is 15.8 Å². The molecule has 1 aromatic carbocycles. The summed E-state index contributed by atoms with van der Waals surface area (Å²) >= 11 is 1.36. The van der Waals surface area contributed by atoms with Gasteiger partial charge in [-0.25, -0.2) is 9.78 Å². The molecule has 0 N–H and O–H groups in total. The van der Waals surface area contributed by atoms with Crippen molar-refractivity contribution in [2.75, 3.05) is 19.1 Å². The Morgan fingerprint density at radius 3 is 2.68 bits per heavy atom. The van der Waals surface area contributed by atoms with Gasteiger partial charge in [0.05, 0.1) is 18.7 Å². The summed E-state index contributed by atoms with van der Waals surface area (Å²) < 4.78 is 4.62. The van der Waals surface area contributed by atoms with E-state index in [-0.39, 0.29) is 0 Å². The van der Waals surface area contributed by atoms with Crippen molar-refractivity contribution in [1.82, 2.24) is 4.98 Å². The lowest BCUT2D eigenvalue weighted by molar-refractivity contribution is 0.0595. The molecule has 0 saturated heterocycles. The first-order valence-corrected chi connectivity index (χ1v) is 6.31. The number of rotatable bonds is 3. The van der Waals surface area contributed by atoms with Gasteiger partial charge in [0.2, 0.25) is 0 Å². The SMILES string of the molecule is COC(=O)c1csc(N(C)c2ccc(C#N)cc2)n1. The highest BCUT2D eigenvalue weighted by atomic mass is 32.1. The second kappa shape index (κ2) is 5.50. The number of carbonyl (C=O) groups is 1. The van der Waals surface area contributed by atoms with E-state index in [1.807, 2.05) is 24.1 Å². The first-order chi connectivity index (χ1) is 9.15. The zero-order chi connectivity index (χ0) is 13.8. The quantitative estimate of drug-likeness (QED) is 0.804. The van der Waals surface area contributed by atoms with Gasteiger partial charge in [-0.05, 0) is 24.3 Å². The molecule has 19 heavy (non-hydrogen) atoms. The van der Waals surface area contributed by atoms with E-state index in [9.17, 15) is 4.79 Å². The number of carbonyl (C=O) groups excluding carboxylic acids is 1. The molecule has 0 amide bonds. The maximum atomic E-state index is 11.3. The lowest BCUT2D eigenvalue weighted by Gasteiger charge is -2.15. The van der Waals surface area contributed by atoms with Crippen LogP contribution in [-0.4, -0.2) is 25.1 Å². The van der Waals surface area contributed by atoms with Crippen LogP contribution in [0.15, 0.2) is 29.6 Å². The molecule has 6 heteroatoms. The van der Waals surface area contributed by atoms with Crippen LogP contribution in [0.25, 0.3) is 0 Å². The molecule has 5 nitrogen and oxygen atoms in total. The molecule has 1 heterocycles. The molecular formula is C13H11N3O2S. The highest BCUT2D eigenvalue weighted by Gasteiger charge is 2.14. The molecule has 0 atom stereocenters. The van der Waals surface area contributed by atoms with Gasteiger partial charge in [-0.2, -0.15) is 5.26 Å². The number of ether oxygens (including phenoxy) is 1. The Hall–Kier alpha value is -2.39. The summed E-state index contributed by atoms with van der Waals surface area (Å²) in [6, 6.07) is 9.20. The van der Waals surface area contributed by atoms with Crippen LogP contribution in [-0.2, 0) is 4.74 Å². The molecule has 0 aliphatic heterocycles. The number of nitriles is 1. The Morgan fingerprint density at radius 2 is 2.11 bits per heavy atom. The molecule has 96 valence electrons. The standard InChI is InChI=1S/C13H11N3O2S/c1-16(10-5-3-9(7-14)4-6-10)13-15-11(8-19-13)12(17)18-2/h3-6,8H,1-2H3. The Labute approximate surface area is 114 Å². The fourth-order valence-corrected chi connectivity index (χ4v) is 2.27. The van der Waals surface area contributed by atoms with E-state index in [0.717, 1.165) is 5.69 Å². The number of nitrogens with zero attached hydrogens (tertiary/aromatic N) is 3. The molecule has 0 aliphatic carbocycles. The van der Waals surface area contributed by atoms with E-state index in [1.54, 1.807) is 17.5 Å². The van der Waals surface area contributed by atoms with Gasteiger partial charge < -0.3 is 9.64 Å². The Morgan fingerprint density at radius 1 is 1.42 bits per heavy atom. The van der Waals surface area contributed by atoms with Crippen molar-refractivity contribution in [3.05, 3.63) is 40.9 Å². The first-order valence-electron chi connectivity index (χ1n) is 5.43. The van der Waals surface area contributed by atoms with Gasteiger partial charge in [0.25, 0.3) is 0 Å². The number of aromatic nitrogens is 1. The topological polar surface area (TPSA) is 66.2 Å². The lowest BCUT2D eigenvalue weighted by atomic mass is 10.2. The number of methoxy groups -OCH3 is 1. The lowest BCUT2D eigenvalue weighted by Crippen LogP contribution is -2.10. The van der Waals surface area contributed by atoms with Gasteiger partial charge in [0.1, 0.15) is 0 Å². The van der Waals surface area contributed by atoms with Crippen LogP contribution >= 0.6 is 11.3 Å². The van der Waals surface area contributed by atoms with Crippen molar-refractivity contribution in [3.63, 3.8) is 0 Å². The summed E-state index contributed by atoms with van der Waals surface area (Å²) in [5.41, 5.74) is 1.79. The van der Waals surface area contributed by atoms with Crippen LogP contribution in [0.5, 0.6) is 0 Å². The molecule has 2 rings (SSSR count). The van der Waals surface area contributed by atoms with E-state index in [1.165, 1.54) is 18.4 Å². The summed E-state index contributed by atoms with van der Waals surface area (Å²) in [5.74, 6) is -0.448. The largest absolute Gasteiger partial charge is 0.464 e. The predicted molar refractivity (Wildman–Crippen MR) is 72.7 cm³/mol. The number of thiazole rings is 1. The zero-order valence-electron chi connectivity index (χ0n) is 10.5. The predicted octanol–water partition coefficient (Wildman–Crippen LogP) is 2.57. The van der Waals surface area contributed by atoms with Crippen molar-refractivity contribution in [1.29, 1.82) is 5.26 Å². The minimum Gasteiger partial charge on any atom is -0.464 e. The molecular weight excluding hydrogens is 262 g/mol. The Kier molecular flexibility index (Phi) is 3.78. The van der Waals surface area contributed by atoms with Crippen molar-refractivity contribution < 1.29 is 9.53 Å². The summed E-state index contributed by atoms with van der Waals surface area (Å²) in [4.78, 5) is 17.4. The van der Waals surface area contributed by atoms with Crippen molar-refractivity contribution >= 4 is 28.1 Å². The monoisotopic (exact) mass is 273 g/mol. The van der Waals surface area contributed by atoms with Crippen LogP contribution < -0.4 is 4.90 Å². The maximum absolute atomic E-state index is 11.3. The third kappa shape index (κ3) is 2.72. The Balaban J connectivity index is 2.23. The Bertz CT molecular complexity index is 628. The molecule has 0 saturated carbocycles. The smallest absolute Gasteiger partial charge is 0.357 e. The molecule has 1 aromatic heterocycles. The molecule has 0 aliphatic rings. The minimum atomic E-state index is -0.448. The number of benzene rings is 1. The summed E-state index contributed by atoms with van der Waals surface area (Å²) in [6.45, 7) is 0. The molecule has 0 spiro atoms. The van der Waals surface area contributed by atoms with Crippen molar-refractivity contribution in [2.24, 2.45) is 0 Å². The van der Waals surface area contributed by atoms with Crippen molar-refractivity contribution in [3.8, 4) is 6.07 Å². The summed E-state index contributed by atoms with van der Waals surface area (Å²) in [5, 5.41) is 11.1. The second-order valence-electron chi connectivity index (χ2n) is 3.72. The van der Waals surface area contributed by atoms with Gasteiger partial charge in [-0.3, -0.25) is 0 Å². The average molecular weight is 273 g/mol. The fourth-order valence-electron chi connectivity index (χ4n) is 1.49. The molecule has 0 radical (unpaired) electrons. The van der Waals surface area contributed by atoms with E-state index in [0.29, 0.717) is 16.4 Å². The number of anilines is 2. The van der Waals surface area contributed by atoms with Crippen LogP contribution in [0.2, 0.25) is 0 Å². The highest BCUT2D eigenvalue weighted by molar-refractivity contribution is 7.14. The van der Waals surface area contributed by atoms with Gasteiger partial charge in [-0.1, -0.05) is 0 Å². The molecule has 0 fully saturated rings. The third-order valence-electron chi connectivity index (χ3n) is 2.56. The summed E-state index contributed by atoms with van der Waals surface area (Å²) in [7, 11) is 3.17. The van der Waals surface area contributed by atoms with Gasteiger partial charge in [0, 0.05) is 18.1 Å². The molecule has 0 bridgehead atoms. The number of hydrogen-bond acceptors (Lipinski definition) is 6. The third-order valence-corrected chi connectivity index (χ3v) is 3.47. The molecule has 0 unspecified atom stereocenters. The second-order valence-corrected chi connectivity index (χ2v) is 4.56. The van der Waals surface area contributed by atoms with Gasteiger partial charge in [0.15, 0.2) is 10.8 Å². The fraction of sp³-hybridized carbons (Fsp3) is 0.154. The van der Waals surface area contributed by atoms with E-state index >= 15 is 0 Å². The van der Waals surface area contributed by atoms with Crippen LogP contribution in [0.1, 0.15) is 16.1 Å². The minimum absolute atomic E-state index is 0.294. The normalized spacial score (nSPS) is 9.74.